The molecular formula is C12H18N2O5S. The average Bonchev–Trinajstić information content (AvgIpc) is 2.39. The van der Waals surface area contributed by atoms with E-state index in [-0.39, 0.29) is 19.6 Å². The van der Waals surface area contributed by atoms with Crippen LogP contribution in [0.25, 0.3) is 0 Å². The molecule has 0 fully saturated rings. The second kappa shape index (κ2) is 7.95. The maximum atomic E-state index is 11.7. The van der Waals surface area contributed by atoms with Crippen molar-refractivity contribution in [3.05, 3.63) is 35.9 Å². The molecule has 1 aromatic carbocycles. The number of rotatable bonds is 9. The first-order valence-corrected chi connectivity index (χ1v) is 7.45. The van der Waals surface area contributed by atoms with Crippen molar-refractivity contribution in [3.8, 4) is 0 Å². The first-order chi connectivity index (χ1) is 9.44. The van der Waals surface area contributed by atoms with Gasteiger partial charge in [0.15, 0.2) is 0 Å². The molecular weight excluding hydrogens is 284 g/mol. The molecule has 0 amide bonds. The third-order valence-corrected chi connectivity index (χ3v) is 3.66. The lowest BCUT2D eigenvalue weighted by Gasteiger charge is -2.15. The lowest BCUT2D eigenvalue weighted by molar-refractivity contribution is -0.138. The monoisotopic (exact) mass is 302 g/mol. The van der Waals surface area contributed by atoms with Gasteiger partial charge < -0.3 is 9.84 Å². The molecule has 0 heterocycles. The van der Waals surface area contributed by atoms with Crippen LogP contribution < -0.4 is 9.44 Å². The van der Waals surface area contributed by atoms with Crippen molar-refractivity contribution in [2.45, 2.75) is 12.5 Å². The van der Waals surface area contributed by atoms with Crippen molar-refractivity contribution in [1.82, 2.24) is 9.44 Å². The number of ether oxygens (including phenoxy) is 1. The highest BCUT2D eigenvalue weighted by Crippen LogP contribution is 2.04. The van der Waals surface area contributed by atoms with Gasteiger partial charge in [0, 0.05) is 13.7 Å². The predicted octanol–water partition coefficient (Wildman–Crippen LogP) is -0.247. The number of carbonyl (C=O) groups is 1. The van der Waals surface area contributed by atoms with Gasteiger partial charge in [0.05, 0.1) is 6.61 Å². The molecule has 3 N–H and O–H groups in total. The Labute approximate surface area is 118 Å². The van der Waals surface area contributed by atoms with Gasteiger partial charge in [-0.15, -0.1) is 0 Å². The number of hydrogen-bond donors (Lipinski definition) is 3. The highest BCUT2D eigenvalue weighted by atomic mass is 32.2. The Bertz CT molecular complexity index is 518. The number of aliphatic carboxylic acids is 1. The smallest absolute Gasteiger partial charge is 0.322 e. The molecule has 112 valence electrons. The van der Waals surface area contributed by atoms with Crippen LogP contribution in [0.5, 0.6) is 0 Å². The molecule has 0 saturated heterocycles. The maximum absolute atomic E-state index is 11.7. The van der Waals surface area contributed by atoms with Crippen molar-refractivity contribution in [3.63, 3.8) is 0 Å². The molecule has 1 atom stereocenters. The summed E-state index contributed by atoms with van der Waals surface area (Å²) in [4.78, 5) is 11.1. The summed E-state index contributed by atoms with van der Waals surface area (Å²) in [6.45, 7) is 0.279. The normalized spacial score (nSPS) is 13.1. The zero-order chi connectivity index (χ0) is 15.0. The zero-order valence-electron chi connectivity index (χ0n) is 11.1. The fourth-order valence-electron chi connectivity index (χ4n) is 1.54. The molecule has 7 nitrogen and oxygen atoms in total. The molecule has 0 aliphatic rings. The molecule has 8 heteroatoms. The molecule has 0 saturated carbocycles. The quantitative estimate of drug-likeness (QED) is 0.546. The second-order valence-corrected chi connectivity index (χ2v) is 5.62. The summed E-state index contributed by atoms with van der Waals surface area (Å²) in [6.07, 6.45) is 0.0708. The molecule has 0 bridgehead atoms. The van der Waals surface area contributed by atoms with Gasteiger partial charge in [-0.25, -0.2) is 0 Å². The van der Waals surface area contributed by atoms with Crippen LogP contribution in [0.2, 0.25) is 0 Å². The Morgan fingerprint density at radius 1 is 1.35 bits per heavy atom. The molecule has 0 aliphatic carbocycles. The van der Waals surface area contributed by atoms with Crippen molar-refractivity contribution < 1.29 is 23.1 Å². The van der Waals surface area contributed by atoms with Crippen LogP contribution >= 0.6 is 0 Å². The van der Waals surface area contributed by atoms with Crippen molar-refractivity contribution in [2.75, 3.05) is 20.3 Å². The Morgan fingerprint density at radius 3 is 2.55 bits per heavy atom. The van der Waals surface area contributed by atoms with E-state index in [0.717, 1.165) is 5.56 Å². The van der Waals surface area contributed by atoms with Gasteiger partial charge in [-0.05, 0) is 12.0 Å². The van der Waals surface area contributed by atoms with Crippen LogP contribution in [0.15, 0.2) is 30.3 Å². The Morgan fingerprint density at radius 2 is 2.00 bits per heavy atom. The zero-order valence-corrected chi connectivity index (χ0v) is 11.9. The Kier molecular flexibility index (Phi) is 6.59. The van der Waals surface area contributed by atoms with Crippen LogP contribution in [0, 0.1) is 0 Å². The van der Waals surface area contributed by atoms with E-state index in [2.05, 4.69) is 9.44 Å². The summed E-state index contributed by atoms with van der Waals surface area (Å²) in [7, 11) is -2.44. The van der Waals surface area contributed by atoms with E-state index in [1.54, 1.807) is 30.3 Å². The number of nitrogens with one attached hydrogen (secondary N) is 2. The van der Waals surface area contributed by atoms with E-state index in [9.17, 15) is 13.2 Å². The van der Waals surface area contributed by atoms with Gasteiger partial charge >= 0.3 is 5.97 Å². The Balaban J connectivity index is 2.65. The van der Waals surface area contributed by atoms with Crippen LogP contribution in [-0.4, -0.2) is 45.8 Å². The van der Waals surface area contributed by atoms with Gasteiger partial charge in [-0.1, -0.05) is 30.3 Å². The maximum Gasteiger partial charge on any atom is 0.322 e. The summed E-state index contributed by atoms with van der Waals surface area (Å²) < 4.78 is 32.4. The molecule has 1 rings (SSSR count). The van der Waals surface area contributed by atoms with E-state index >= 15 is 0 Å². The number of carboxylic acid groups (broad SMARTS) is 1. The van der Waals surface area contributed by atoms with Crippen LogP contribution in [0.3, 0.4) is 0 Å². The van der Waals surface area contributed by atoms with Gasteiger partial charge in [-0.2, -0.15) is 17.9 Å². The average molecular weight is 302 g/mol. The second-order valence-electron chi connectivity index (χ2n) is 4.09. The van der Waals surface area contributed by atoms with Crippen LogP contribution in [-0.2, 0) is 26.2 Å². The number of methoxy groups -OCH3 is 1. The van der Waals surface area contributed by atoms with Gasteiger partial charge in [0.25, 0.3) is 10.2 Å². The van der Waals surface area contributed by atoms with E-state index in [4.69, 9.17) is 9.84 Å². The van der Waals surface area contributed by atoms with Gasteiger partial charge in [0.1, 0.15) is 6.04 Å². The largest absolute Gasteiger partial charge is 0.480 e. The van der Waals surface area contributed by atoms with Crippen molar-refractivity contribution in [2.24, 2.45) is 0 Å². The number of benzene rings is 1. The molecule has 20 heavy (non-hydrogen) atoms. The third kappa shape index (κ3) is 6.11. The highest BCUT2D eigenvalue weighted by Gasteiger charge is 2.23. The van der Waals surface area contributed by atoms with Crippen LogP contribution in [0.4, 0.5) is 0 Å². The summed E-state index contributed by atoms with van der Waals surface area (Å²) in [6, 6.07) is 7.58. The first-order valence-electron chi connectivity index (χ1n) is 5.97. The minimum atomic E-state index is -3.88. The molecule has 0 aromatic heterocycles. The fraction of sp³-hybridized carbons (Fsp3) is 0.417. The summed E-state index contributed by atoms with van der Waals surface area (Å²) in [5.74, 6) is -1.23. The SMILES string of the molecule is COCCNS(=O)(=O)NC(Cc1ccccc1)C(=O)O. The number of hydrogen-bond acceptors (Lipinski definition) is 4. The van der Waals surface area contributed by atoms with E-state index in [0.29, 0.717) is 0 Å². The predicted molar refractivity (Wildman–Crippen MR) is 73.5 cm³/mol. The first kappa shape index (κ1) is 16.6. The van der Waals surface area contributed by atoms with Gasteiger partial charge in [-0.3, -0.25) is 4.79 Å². The van der Waals surface area contributed by atoms with Crippen molar-refractivity contribution >= 4 is 16.2 Å². The standard InChI is InChI=1S/C12H18N2O5S/c1-19-8-7-13-20(17,18)14-11(12(15)16)9-10-5-3-2-4-6-10/h2-6,11,13-14H,7-9H2,1H3,(H,15,16). The minimum absolute atomic E-state index is 0.0708. The summed E-state index contributed by atoms with van der Waals surface area (Å²) >= 11 is 0. The number of carboxylic acids is 1. The lowest BCUT2D eigenvalue weighted by Crippen LogP contribution is -2.48. The lowest BCUT2D eigenvalue weighted by atomic mass is 10.1. The van der Waals surface area contributed by atoms with Crippen LogP contribution in [0.1, 0.15) is 5.56 Å². The van der Waals surface area contributed by atoms with E-state index in [1.165, 1.54) is 7.11 Å². The highest BCUT2D eigenvalue weighted by molar-refractivity contribution is 7.87. The van der Waals surface area contributed by atoms with E-state index in [1.807, 2.05) is 0 Å². The topological polar surface area (TPSA) is 105 Å². The Hall–Kier alpha value is -1.48. The molecule has 0 radical (unpaired) electrons. The van der Waals surface area contributed by atoms with Crippen molar-refractivity contribution in [1.29, 1.82) is 0 Å². The molecule has 0 aliphatic heterocycles. The van der Waals surface area contributed by atoms with E-state index < -0.39 is 22.2 Å². The minimum Gasteiger partial charge on any atom is -0.480 e. The molecule has 1 aromatic rings. The molecule has 0 spiro atoms. The molecule has 1 unspecified atom stereocenters. The van der Waals surface area contributed by atoms with Gasteiger partial charge in [0.2, 0.25) is 0 Å². The third-order valence-electron chi connectivity index (χ3n) is 2.48. The summed E-state index contributed by atoms with van der Waals surface area (Å²) in [5, 5.41) is 9.09. The fourth-order valence-corrected chi connectivity index (χ4v) is 2.53. The summed E-state index contributed by atoms with van der Waals surface area (Å²) in [5.41, 5.74) is 0.736.